The molecule has 0 saturated carbocycles. The van der Waals surface area contributed by atoms with Crippen LogP contribution in [0.2, 0.25) is 0 Å². The Kier molecular flexibility index (Phi) is 3.62. The number of methoxy groups -OCH3 is 1. The van der Waals surface area contributed by atoms with E-state index in [1.165, 1.54) is 0 Å². The summed E-state index contributed by atoms with van der Waals surface area (Å²) < 4.78 is 10.1. The number of ether oxygens (including phenoxy) is 2. The molecule has 1 aromatic carbocycles. The Morgan fingerprint density at radius 3 is 2.94 bits per heavy atom. The van der Waals surface area contributed by atoms with Gasteiger partial charge in [0.25, 0.3) is 0 Å². The van der Waals surface area contributed by atoms with E-state index < -0.39 is 6.09 Å². The van der Waals surface area contributed by atoms with Crippen LogP contribution in [0.1, 0.15) is 6.92 Å². The molecule has 0 unspecified atom stereocenters. The first-order valence-corrected chi connectivity index (χ1v) is 5.61. The van der Waals surface area contributed by atoms with E-state index in [9.17, 15) is 4.79 Å². The summed E-state index contributed by atoms with van der Waals surface area (Å²) in [7, 11) is 1.59. The lowest BCUT2D eigenvalue weighted by Crippen LogP contribution is -2.13. The number of nitrogens with one attached hydrogen (secondary N) is 1. The number of benzene rings is 1. The average Bonchev–Trinajstić information content (AvgIpc) is 2.39. The minimum Gasteiger partial charge on any atom is -0.494 e. The molecule has 2 aromatic rings. The van der Waals surface area contributed by atoms with Gasteiger partial charge < -0.3 is 9.47 Å². The van der Waals surface area contributed by atoms with E-state index in [2.05, 4.69) is 10.3 Å². The average molecular weight is 246 g/mol. The standard InChI is InChI=1S/C13H14N2O3/c1-3-18-13(16)15-10-6-7-11(17-2)12-9(10)5-4-8-14-12/h4-8H,3H2,1-2H3,(H,15,16). The molecule has 5 nitrogen and oxygen atoms in total. The Labute approximate surface area is 105 Å². The zero-order valence-electron chi connectivity index (χ0n) is 10.3. The Morgan fingerprint density at radius 1 is 1.39 bits per heavy atom. The van der Waals surface area contributed by atoms with E-state index in [4.69, 9.17) is 9.47 Å². The van der Waals surface area contributed by atoms with Crippen LogP contribution in [-0.4, -0.2) is 24.8 Å². The van der Waals surface area contributed by atoms with Crippen LogP contribution in [0.3, 0.4) is 0 Å². The Balaban J connectivity index is 2.43. The molecule has 1 N–H and O–H groups in total. The fourth-order valence-electron chi connectivity index (χ4n) is 1.70. The van der Waals surface area contributed by atoms with Gasteiger partial charge in [-0.05, 0) is 31.2 Å². The fraction of sp³-hybridized carbons (Fsp3) is 0.231. The summed E-state index contributed by atoms with van der Waals surface area (Å²) in [4.78, 5) is 15.7. The van der Waals surface area contributed by atoms with Crippen LogP contribution < -0.4 is 10.1 Å². The third kappa shape index (κ3) is 2.34. The van der Waals surface area contributed by atoms with Gasteiger partial charge in [-0.2, -0.15) is 0 Å². The lowest BCUT2D eigenvalue weighted by Gasteiger charge is -2.10. The Bertz CT molecular complexity index is 569. The van der Waals surface area contributed by atoms with Gasteiger partial charge in [0.2, 0.25) is 0 Å². The predicted molar refractivity (Wildman–Crippen MR) is 68.9 cm³/mol. The maximum Gasteiger partial charge on any atom is 0.411 e. The van der Waals surface area contributed by atoms with Gasteiger partial charge in [0.05, 0.1) is 19.4 Å². The van der Waals surface area contributed by atoms with Crippen LogP contribution in [0.4, 0.5) is 10.5 Å². The summed E-state index contributed by atoms with van der Waals surface area (Å²) in [5, 5.41) is 3.49. The minimum atomic E-state index is -0.479. The first-order valence-electron chi connectivity index (χ1n) is 5.61. The molecule has 1 heterocycles. The smallest absolute Gasteiger partial charge is 0.411 e. The molecule has 0 aliphatic heterocycles. The zero-order valence-corrected chi connectivity index (χ0v) is 10.3. The number of fused-ring (bicyclic) bond motifs is 1. The van der Waals surface area contributed by atoms with Crippen molar-refractivity contribution in [1.82, 2.24) is 4.98 Å². The third-order valence-corrected chi connectivity index (χ3v) is 2.46. The van der Waals surface area contributed by atoms with Gasteiger partial charge in [0, 0.05) is 11.6 Å². The van der Waals surface area contributed by atoms with E-state index in [1.807, 2.05) is 6.07 Å². The first kappa shape index (κ1) is 12.2. The summed E-state index contributed by atoms with van der Waals surface area (Å²) in [6.45, 7) is 2.09. The molecule has 18 heavy (non-hydrogen) atoms. The fourth-order valence-corrected chi connectivity index (χ4v) is 1.70. The van der Waals surface area contributed by atoms with Gasteiger partial charge in [0.15, 0.2) is 0 Å². The number of hydrogen-bond donors (Lipinski definition) is 1. The Hall–Kier alpha value is -2.30. The van der Waals surface area contributed by atoms with Crippen molar-refractivity contribution in [3.8, 4) is 5.75 Å². The van der Waals surface area contributed by atoms with Crippen LogP contribution in [0.15, 0.2) is 30.5 Å². The van der Waals surface area contributed by atoms with Gasteiger partial charge >= 0.3 is 6.09 Å². The molecule has 0 radical (unpaired) electrons. The van der Waals surface area contributed by atoms with Crippen molar-refractivity contribution in [2.45, 2.75) is 6.92 Å². The van der Waals surface area contributed by atoms with Gasteiger partial charge in [-0.25, -0.2) is 4.79 Å². The summed E-state index contributed by atoms with van der Waals surface area (Å²) >= 11 is 0. The number of anilines is 1. The van der Waals surface area contributed by atoms with E-state index in [0.717, 1.165) is 5.39 Å². The van der Waals surface area contributed by atoms with Crippen LogP contribution in [-0.2, 0) is 4.74 Å². The van der Waals surface area contributed by atoms with Crippen LogP contribution in [0, 0.1) is 0 Å². The van der Waals surface area contributed by atoms with Crippen LogP contribution in [0.25, 0.3) is 10.9 Å². The highest BCUT2D eigenvalue weighted by atomic mass is 16.5. The topological polar surface area (TPSA) is 60.5 Å². The highest BCUT2D eigenvalue weighted by Gasteiger charge is 2.09. The molecule has 0 saturated heterocycles. The van der Waals surface area contributed by atoms with Crippen molar-refractivity contribution < 1.29 is 14.3 Å². The van der Waals surface area contributed by atoms with Crippen molar-refractivity contribution >= 4 is 22.7 Å². The summed E-state index contributed by atoms with van der Waals surface area (Å²) in [6, 6.07) is 7.20. The second-order valence-electron chi connectivity index (χ2n) is 3.56. The molecule has 0 bridgehead atoms. The van der Waals surface area contributed by atoms with Gasteiger partial charge in [-0.1, -0.05) is 0 Å². The number of amides is 1. The predicted octanol–water partition coefficient (Wildman–Crippen LogP) is 2.81. The molecule has 0 aliphatic rings. The number of aromatic nitrogens is 1. The molecule has 5 heteroatoms. The van der Waals surface area contributed by atoms with Crippen molar-refractivity contribution in [2.24, 2.45) is 0 Å². The van der Waals surface area contributed by atoms with E-state index in [-0.39, 0.29) is 0 Å². The Morgan fingerprint density at radius 2 is 2.22 bits per heavy atom. The molecular weight excluding hydrogens is 232 g/mol. The largest absolute Gasteiger partial charge is 0.494 e. The summed E-state index contributed by atoms with van der Waals surface area (Å²) in [5.41, 5.74) is 1.35. The number of rotatable bonds is 3. The zero-order chi connectivity index (χ0) is 13.0. The summed E-state index contributed by atoms with van der Waals surface area (Å²) in [6.07, 6.45) is 1.20. The van der Waals surface area contributed by atoms with Crippen molar-refractivity contribution in [2.75, 3.05) is 19.0 Å². The van der Waals surface area contributed by atoms with Crippen molar-refractivity contribution in [1.29, 1.82) is 0 Å². The molecule has 94 valence electrons. The number of pyridine rings is 1. The number of hydrogen-bond acceptors (Lipinski definition) is 4. The first-order chi connectivity index (χ1) is 8.76. The van der Waals surface area contributed by atoms with Crippen LogP contribution in [0.5, 0.6) is 5.75 Å². The maximum absolute atomic E-state index is 11.4. The maximum atomic E-state index is 11.4. The molecular formula is C13H14N2O3. The van der Waals surface area contributed by atoms with E-state index in [0.29, 0.717) is 23.6 Å². The van der Waals surface area contributed by atoms with Gasteiger partial charge in [0.1, 0.15) is 11.3 Å². The number of carbonyl (C=O) groups excluding carboxylic acids is 1. The van der Waals surface area contributed by atoms with Crippen molar-refractivity contribution in [3.63, 3.8) is 0 Å². The molecule has 1 amide bonds. The number of nitrogens with zero attached hydrogens (tertiary/aromatic N) is 1. The quantitative estimate of drug-likeness (QED) is 0.904. The molecule has 0 fully saturated rings. The van der Waals surface area contributed by atoms with Gasteiger partial charge in [-0.3, -0.25) is 10.3 Å². The second kappa shape index (κ2) is 5.35. The SMILES string of the molecule is CCOC(=O)Nc1ccc(OC)c2ncccc12. The summed E-state index contributed by atoms with van der Waals surface area (Å²) in [5.74, 6) is 0.667. The molecule has 1 aromatic heterocycles. The second-order valence-corrected chi connectivity index (χ2v) is 3.56. The molecule has 0 spiro atoms. The highest BCUT2D eigenvalue weighted by Crippen LogP contribution is 2.29. The van der Waals surface area contributed by atoms with E-state index >= 15 is 0 Å². The normalized spacial score (nSPS) is 10.1. The molecule has 2 rings (SSSR count). The monoisotopic (exact) mass is 246 g/mol. The highest BCUT2D eigenvalue weighted by molar-refractivity contribution is 6.00. The lowest BCUT2D eigenvalue weighted by atomic mass is 10.1. The molecule has 0 atom stereocenters. The van der Waals surface area contributed by atoms with Crippen LogP contribution >= 0.6 is 0 Å². The minimum absolute atomic E-state index is 0.332. The molecule has 0 aliphatic carbocycles. The number of carbonyl (C=O) groups is 1. The van der Waals surface area contributed by atoms with Gasteiger partial charge in [-0.15, -0.1) is 0 Å². The van der Waals surface area contributed by atoms with Crippen molar-refractivity contribution in [3.05, 3.63) is 30.5 Å². The lowest BCUT2D eigenvalue weighted by molar-refractivity contribution is 0.168. The third-order valence-electron chi connectivity index (χ3n) is 2.46. The van der Waals surface area contributed by atoms with E-state index in [1.54, 1.807) is 38.4 Å².